The predicted molar refractivity (Wildman–Crippen MR) is 40.5 cm³/mol. The third-order valence-corrected chi connectivity index (χ3v) is 0.158. The van der Waals surface area contributed by atoms with Crippen LogP contribution in [0.5, 0.6) is 0 Å². The van der Waals surface area contributed by atoms with Crippen LogP contribution >= 0.6 is 0 Å². The maximum absolute atomic E-state index is 7.66. The standard InChI is InChI=1S/CH2BNO3.3Na.H2.3H/c3-1-6-2(4)5;;;;;;;/h4-5H;;;;1H;;;. The van der Waals surface area contributed by atoms with Gasteiger partial charge >= 0.3 is 96.0 Å². The Morgan fingerprint density at radius 1 is 1.33 bits per heavy atom. The molecule has 0 atom stereocenters. The van der Waals surface area contributed by atoms with Crippen LogP contribution in [-0.2, 0) is 4.65 Å². The minimum absolute atomic E-state index is 0. The molecule has 2 N–H and O–H groups in total. The molecule has 0 fully saturated rings. The molecule has 0 unspecified atom stereocenters. The van der Waals surface area contributed by atoms with Gasteiger partial charge in [-0.3, -0.25) is 0 Å². The molecule has 0 aromatic heterocycles. The Morgan fingerprint density at radius 3 is 1.67 bits per heavy atom. The molecular formula is CH7BNNa3O3. The van der Waals surface area contributed by atoms with E-state index in [1.54, 1.807) is 0 Å². The van der Waals surface area contributed by atoms with Gasteiger partial charge in [0.1, 0.15) is 0 Å². The number of nitriles is 1. The summed E-state index contributed by atoms with van der Waals surface area (Å²) in [5.41, 5.74) is 0. The fourth-order valence-electron chi connectivity index (χ4n) is 0.0471. The molecule has 0 aliphatic heterocycles. The van der Waals surface area contributed by atoms with E-state index in [0.29, 0.717) is 0 Å². The van der Waals surface area contributed by atoms with Gasteiger partial charge in [-0.1, -0.05) is 0 Å². The fourth-order valence-corrected chi connectivity index (χ4v) is 0.0471. The molecule has 0 aromatic carbocycles. The number of hydrogen-bond donors (Lipinski definition) is 2. The predicted octanol–water partition coefficient (Wildman–Crippen LogP) is -3.25. The van der Waals surface area contributed by atoms with Crippen LogP contribution in [0, 0.1) is 11.5 Å². The molecular weight excluding hydrogens is 154 g/mol. The van der Waals surface area contributed by atoms with Crippen molar-refractivity contribution in [2.75, 3.05) is 0 Å². The topological polar surface area (TPSA) is 73.5 Å². The van der Waals surface area contributed by atoms with Gasteiger partial charge in [0.25, 0.3) is 6.26 Å². The summed E-state index contributed by atoms with van der Waals surface area (Å²) >= 11 is 0. The zero-order valence-corrected chi connectivity index (χ0v) is 2.83. The zero-order valence-electron chi connectivity index (χ0n) is 2.83. The molecule has 0 amide bonds. The van der Waals surface area contributed by atoms with Crippen molar-refractivity contribution < 1.29 is 16.1 Å². The molecule has 0 saturated carbocycles. The molecule has 4 nitrogen and oxygen atoms in total. The quantitative estimate of drug-likeness (QED) is 0.313. The van der Waals surface area contributed by atoms with E-state index in [9.17, 15) is 0 Å². The summed E-state index contributed by atoms with van der Waals surface area (Å²) < 4.78 is 3.46. The summed E-state index contributed by atoms with van der Waals surface area (Å²) in [6, 6.07) is 0. The molecule has 0 aliphatic rings. The SMILES string of the molecule is N#COB(O)O.[HH].[NaH].[NaH].[NaH]. The first-order valence-corrected chi connectivity index (χ1v) is 1.18. The molecule has 40 valence electrons. The Hall–Kier alpha value is 2.27. The third-order valence-electron chi connectivity index (χ3n) is 0.158. The molecule has 0 aromatic rings. The van der Waals surface area contributed by atoms with Gasteiger partial charge in [0.2, 0.25) is 0 Å². The summed E-state index contributed by atoms with van der Waals surface area (Å²) in [5.74, 6) is 0. The number of nitrogens with zero attached hydrogens (tertiary/aromatic N) is 1. The van der Waals surface area contributed by atoms with Gasteiger partial charge in [-0.25, -0.2) is 0 Å². The normalized spacial score (nSPS) is 4.11. The second kappa shape index (κ2) is 16.7. The molecule has 9 heavy (non-hydrogen) atoms. The van der Waals surface area contributed by atoms with Crippen molar-refractivity contribution in [2.45, 2.75) is 0 Å². The molecule has 0 rings (SSSR count). The van der Waals surface area contributed by atoms with Crippen LogP contribution in [0.4, 0.5) is 0 Å². The summed E-state index contributed by atoms with van der Waals surface area (Å²) in [7, 11) is -1.96. The minimum atomic E-state index is -1.96. The van der Waals surface area contributed by atoms with Crippen molar-refractivity contribution in [3.63, 3.8) is 0 Å². The van der Waals surface area contributed by atoms with Crippen molar-refractivity contribution in [2.24, 2.45) is 0 Å². The maximum atomic E-state index is 7.66. The van der Waals surface area contributed by atoms with E-state index in [2.05, 4.69) is 4.65 Å². The summed E-state index contributed by atoms with van der Waals surface area (Å²) in [6.45, 7) is 0. The van der Waals surface area contributed by atoms with Crippen molar-refractivity contribution in [1.82, 2.24) is 0 Å². The van der Waals surface area contributed by atoms with E-state index >= 15 is 0 Å². The Labute approximate surface area is 121 Å². The Kier molecular flexibility index (Phi) is 41.7. The average Bonchev–Trinajstić information content (AvgIpc) is 1.35. The van der Waals surface area contributed by atoms with Crippen LogP contribution in [0.3, 0.4) is 0 Å². The van der Waals surface area contributed by atoms with Crippen molar-refractivity contribution in [1.29, 1.82) is 5.26 Å². The van der Waals surface area contributed by atoms with Gasteiger partial charge in [-0.2, -0.15) is 5.26 Å². The van der Waals surface area contributed by atoms with E-state index < -0.39 is 7.32 Å². The van der Waals surface area contributed by atoms with E-state index in [-0.39, 0.29) is 90.1 Å². The van der Waals surface area contributed by atoms with Gasteiger partial charge in [0.05, 0.1) is 0 Å². The van der Waals surface area contributed by atoms with Crippen LogP contribution in [0.2, 0.25) is 0 Å². The average molecular weight is 161 g/mol. The molecule has 0 bridgehead atoms. The van der Waals surface area contributed by atoms with Crippen LogP contribution < -0.4 is 0 Å². The van der Waals surface area contributed by atoms with Crippen LogP contribution in [0.1, 0.15) is 1.43 Å². The van der Waals surface area contributed by atoms with E-state index in [4.69, 9.17) is 15.3 Å². The monoisotopic (exact) mass is 161 g/mol. The van der Waals surface area contributed by atoms with Gasteiger partial charge in [0.15, 0.2) is 0 Å². The van der Waals surface area contributed by atoms with Gasteiger partial charge < -0.3 is 14.7 Å². The number of rotatable bonds is 1. The molecule has 0 heterocycles. The second-order valence-corrected chi connectivity index (χ2v) is 0.535. The summed E-state index contributed by atoms with van der Waals surface area (Å²) in [6.07, 6.45) is 1.07. The first-order valence-electron chi connectivity index (χ1n) is 1.18. The van der Waals surface area contributed by atoms with Gasteiger partial charge in [0, 0.05) is 1.43 Å². The molecule has 0 aliphatic carbocycles. The van der Waals surface area contributed by atoms with Crippen LogP contribution in [0.15, 0.2) is 0 Å². The molecule has 0 spiro atoms. The van der Waals surface area contributed by atoms with Crippen molar-refractivity contribution in [3.05, 3.63) is 0 Å². The van der Waals surface area contributed by atoms with Gasteiger partial charge in [-0.15, -0.1) is 0 Å². The molecule has 0 saturated heterocycles. The molecule has 0 radical (unpaired) electrons. The van der Waals surface area contributed by atoms with Crippen molar-refractivity contribution >= 4 is 96.0 Å². The Balaban J connectivity index is -0.0000000208. The van der Waals surface area contributed by atoms with Crippen LogP contribution in [0.25, 0.3) is 0 Å². The van der Waals surface area contributed by atoms with Crippen molar-refractivity contribution in [3.8, 4) is 6.26 Å². The number of hydrogen-bond acceptors (Lipinski definition) is 4. The third kappa shape index (κ3) is 25.3. The Morgan fingerprint density at radius 2 is 1.67 bits per heavy atom. The zero-order chi connectivity index (χ0) is 4.99. The fraction of sp³-hybridized carbons (Fsp3) is 0. The first-order chi connectivity index (χ1) is 2.77. The van der Waals surface area contributed by atoms with E-state index in [0.717, 1.165) is 6.26 Å². The van der Waals surface area contributed by atoms with Gasteiger partial charge in [-0.05, 0) is 0 Å². The summed E-state index contributed by atoms with van der Waals surface area (Å²) in [4.78, 5) is 0. The second-order valence-electron chi connectivity index (χ2n) is 0.535. The summed E-state index contributed by atoms with van der Waals surface area (Å²) in [5, 5.41) is 22.8. The Bertz CT molecular complexity index is 78.6. The van der Waals surface area contributed by atoms with E-state index in [1.807, 2.05) is 0 Å². The van der Waals surface area contributed by atoms with E-state index in [1.165, 1.54) is 0 Å². The first kappa shape index (κ1) is 22.5. The van der Waals surface area contributed by atoms with Crippen LogP contribution in [-0.4, -0.2) is 106 Å². The molecule has 8 heteroatoms.